The number of carbonyl (C=O) groups is 2. The van der Waals surface area contributed by atoms with Gasteiger partial charge in [0.1, 0.15) is 17.1 Å². The van der Waals surface area contributed by atoms with Gasteiger partial charge in [-0.2, -0.15) is 0 Å². The van der Waals surface area contributed by atoms with Gasteiger partial charge >= 0.3 is 6.16 Å². The largest absolute Gasteiger partial charge is 0.510 e. The zero-order chi connectivity index (χ0) is 23.4. The van der Waals surface area contributed by atoms with Crippen molar-refractivity contribution in [3.63, 3.8) is 0 Å². The SMILES string of the molecule is CN(/C=C\c1c(C=O)cccc1S(=O)N1CCC(N)C12CC2)COC(=O)OC1CCCCC1. The van der Waals surface area contributed by atoms with Gasteiger partial charge in [0.05, 0.1) is 4.90 Å². The molecule has 2 N–H and O–H groups in total. The Hall–Kier alpha value is -2.23. The van der Waals surface area contributed by atoms with Crippen molar-refractivity contribution in [3.8, 4) is 0 Å². The fraction of sp³-hybridized carbons (Fsp3) is 0.583. The van der Waals surface area contributed by atoms with Gasteiger partial charge in [0, 0.05) is 42.5 Å². The number of nitrogens with zero attached hydrogens (tertiary/aromatic N) is 2. The van der Waals surface area contributed by atoms with Crippen molar-refractivity contribution in [1.82, 2.24) is 9.21 Å². The van der Waals surface area contributed by atoms with Crippen molar-refractivity contribution in [2.75, 3.05) is 20.3 Å². The van der Waals surface area contributed by atoms with Gasteiger partial charge in [-0.1, -0.05) is 18.6 Å². The fourth-order valence-electron chi connectivity index (χ4n) is 4.79. The van der Waals surface area contributed by atoms with E-state index in [0.29, 0.717) is 22.6 Å². The van der Waals surface area contributed by atoms with Crippen molar-refractivity contribution in [1.29, 1.82) is 0 Å². The van der Waals surface area contributed by atoms with E-state index in [1.54, 1.807) is 42.4 Å². The lowest BCUT2D eigenvalue weighted by molar-refractivity contribution is -0.00459. The van der Waals surface area contributed by atoms with Crippen LogP contribution in [-0.4, -0.2) is 63.9 Å². The molecule has 8 nitrogen and oxygen atoms in total. The molecule has 1 aromatic rings. The Bertz CT molecular complexity index is 927. The molecule has 3 fully saturated rings. The number of carbonyl (C=O) groups excluding carboxylic acids is 2. The van der Waals surface area contributed by atoms with Crippen LogP contribution in [0.1, 0.15) is 67.3 Å². The van der Waals surface area contributed by atoms with E-state index >= 15 is 0 Å². The molecule has 0 radical (unpaired) electrons. The summed E-state index contributed by atoms with van der Waals surface area (Å²) in [4.78, 5) is 25.9. The Balaban J connectivity index is 1.41. The van der Waals surface area contributed by atoms with Gasteiger partial charge in [-0.15, -0.1) is 0 Å². The summed E-state index contributed by atoms with van der Waals surface area (Å²) in [6, 6.07) is 5.28. The first kappa shape index (κ1) is 23.9. The molecule has 2 saturated carbocycles. The number of benzene rings is 1. The highest BCUT2D eigenvalue weighted by molar-refractivity contribution is 7.82. The Labute approximate surface area is 197 Å². The minimum Gasteiger partial charge on any atom is -0.431 e. The van der Waals surface area contributed by atoms with Gasteiger partial charge in [-0.25, -0.2) is 13.3 Å². The van der Waals surface area contributed by atoms with E-state index in [1.807, 2.05) is 4.31 Å². The predicted molar refractivity (Wildman–Crippen MR) is 126 cm³/mol. The highest BCUT2D eigenvalue weighted by Gasteiger charge is 2.58. The van der Waals surface area contributed by atoms with Gasteiger partial charge in [-0.3, -0.25) is 4.79 Å². The van der Waals surface area contributed by atoms with E-state index in [9.17, 15) is 13.8 Å². The molecule has 0 aromatic heterocycles. The molecule has 9 heteroatoms. The summed E-state index contributed by atoms with van der Waals surface area (Å²) in [5.41, 5.74) is 7.16. The molecular formula is C24H33N3O5S. The Morgan fingerprint density at radius 3 is 2.73 bits per heavy atom. The second-order valence-electron chi connectivity index (χ2n) is 9.20. The predicted octanol–water partition coefficient (Wildman–Crippen LogP) is 3.43. The molecule has 1 aliphatic heterocycles. The molecule has 4 rings (SSSR count). The molecule has 3 aliphatic rings. The van der Waals surface area contributed by atoms with Gasteiger partial charge in [0.15, 0.2) is 13.0 Å². The van der Waals surface area contributed by atoms with Crippen LogP contribution in [0.4, 0.5) is 4.79 Å². The lowest BCUT2D eigenvalue weighted by Gasteiger charge is -2.26. The number of nitrogens with two attached hydrogens (primary N) is 1. The second kappa shape index (κ2) is 10.4. The number of rotatable bonds is 8. The first-order valence-corrected chi connectivity index (χ1v) is 12.8. The highest BCUT2D eigenvalue weighted by atomic mass is 32.2. The van der Waals surface area contributed by atoms with Crippen LogP contribution in [0.5, 0.6) is 0 Å². The van der Waals surface area contributed by atoms with Crippen LogP contribution in [0.15, 0.2) is 29.3 Å². The van der Waals surface area contributed by atoms with Crippen molar-refractivity contribution < 1.29 is 23.3 Å². The van der Waals surface area contributed by atoms with Crippen molar-refractivity contribution >= 4 is 29.5 Å². The Morgan fingerprint density at radius 2 is 2.03 bits per heavy atom. The normalized spacial score (nSPS) is 23.5. The molecule has 0 amide bonds. The number of ether oxygens (including phenoxy) is 2. The molecule has 0 bridgehead atoms. The van der Waals surface area contributed by atoms with Crippen LogP contribution >= 0.6 is 0 Å². The van der Waals surface area contributed by atoms with E-state index < -0.39 is 17.1 Å². The number of hydrogen-bond donors (Lipinski definition) is 1. The first-order valence-electron chi connectivity index (χ1n) is 11.7. The lowest BCUT2D eigenvalue weighted by atomic mass is 9.98. The molecular weight excluding hydrogens is 442 g/mol. The molecule has 2 aliphatic carbocycles. The fourth-order valence-corrected chi connectivity index (χ4v) is 6.52. The smallest absolute Gasteiger partial charge is 0.431 e. The Morgan fingerprint density at radius 1 is 1.27 bits per heavy atom. The van der Waals surface area contributed by atoms with Gasteiger partial charge < -0.3 is 20.1 Å². The average molecular weight is 476 g/mol. The third-order valence-electron chi connectivity index (χ3n) is 6.90. The molecule has 1 spiro atoms. The highest BCUT2D eigenvalue weighted by Crippen LogP contribution is 2.50. The summed E-state index contributed by atoms with van der Waals surface area (Å²) in [7, 11) is 0.332. The maximum Gasteiger partial charge on any atom is 0.510 e. The average Bonchev–Trinajstić information content (AvgIpc) is 3.56. The van der Waals surface area contributed by atoms with Crippen LogP contribution in [0.2, 0.25) is 0 Å². The van der Waals surface area contributed by atoms with Gasteiger partial charge in [-0.05, 0) is 57.1 Å². The van der Waals surface area contributed by atoms with E-state index in [2.05, 4.69) is 0 Å². The van der Waals surface area contributed by atoms with Crippen LogP contribution in [0.3, 0.4) is 0 Å². The molecule has 33 heavy (non-hydrogen) atoms. The third kappa shape index (κ3) is 5.31. The zero-order valence-electron chi connectivity index (χ0n) is 19.1. The molecule has 2 unspecified atom stereocenters. The molecule has 180 valence electrons. The minimum atomic E-state index is -1.42. The van der Waals surface area contributed by atoms with E-state index in [0.717, 1.165) is 51.2 Å². The summed E-state index contributed by atoms with van der Waals surface area (Å²) in [5, 5.41) is 0. The zero-order valence-corrected chi connectivity index (χ0v) is 19.9. The van der Waals surface area contributed by atoms with Crippen LogP contribution in [0.25, 0.3) is 6.08 Å². The topological polar surface area (TPSA) is 102 Å². The number of aldehydes is 1. The van der Waals surface area contributed by atoms with Crippen molar-refractivity contribution in [3.05, 3.63) is 35.5 Å². The summed E-state index contributed by atoms with van der Waals surface area (Å²) < 4.78 is 26.1. The van der Waals surface area contributed by atoms with Gasteiger partial charge in [0.2, 0.25) is 0 Å². The first-order chi connectivity index (χ1) is 15.9. The summed E-state index contributed by atoms with van der Waals surface area (Å²) in [6.45, 7) is 0.687. The third-order valence-corrected chi connectivity index (χ3v) is 8.58. The molecule has 1 aromatic carbocycles. The number of hydrogen-bond acceptors (Lipinski definition) is 7. The summed E-state index contributed by atoms with van der Waals surface area (Å²) in [5.74, 6) is 0. The Kier molecular flexibility index (Phi) is 7.51. The second-order valence-corrected chi connectivity index (χ2v) is 10.6. The summed E-state index contributed by atoms with van der Waals surface area (Å²) in [6.07, 6.45) is 11.3. The molecule has 2 atom stereocenters. The molecule has 1 saturated heterocycles. The van der Waals surface area contributed by atoms with Crippen molar-refractivity contribution in [2.45, 2.75) is 73.9 Å². The lowest BCUT2D eigenvalue weighted by Crippen LogP contribution is -2.42. The van der Waals surface area contributed by atoms with E-state index in [-0.39, 0.29) is 24.4 Å². The van der Waals surface area contributed by atoms with E-state index in [4.69, 9.17) is 15.2 Å². The monoisotopic (exact) mass is 475 g/mol. The standard InChI is InChI=1S/C24H33N3O5S/c1-26(17-31-23(29)32-19-7-3-2-4-8-19)14-10-20-18(16-28)6-5-9-21(20)33(30)27-15-11-22(25)24(27)12-13-24/h5-6,9-10,14,16,19,22H,2-4,7-8,11-13,15,17,25H2,1H3/b14-10-. The van der Waals surface area contributed by atoms with E-state index in [1.165, 1.54) is 6.42 Å². The van der Waals surface area contributed by atoms with Crippen LogP contribution in [0, 0.1) is 0 Å². The maximum atomic E-state index is 13.5. The quantitative estimate of drug-likeness (QED) is 0.349. The maximum absolute atomic E-state index is 13.5. The molecule has 1 heterocycles. The summed E-state index contributed by atoms with van der Waals surface area (Å²) >= 11 is 0. The van der Waals surface area contributed by atoms with Gasteiger partial charge in [0.25, 0.3) is 0 Å². The van der Waals surface area contributed by atoms with Crippen molar-refractivity contribution in [2.24, 2.45) is 5.73 Å². The van der Waals surface area contributed by atoms with Crippen LogP contribution in [-0.2, 0) is 20.5 Å². The van der Waals surface area contributed by atoms with Crippen LogP contribution < -0.4 is 5.73 Å². The minimum absolute atomic E-state index is 0.00776.